The van der Waals surface area contributed by atoms with Gasteiger partial charge in [0.15, 0.2) is 5.82 Å². The highest BCUT2D eigenvalue weighted by Gasteiger charge is 2.15. The van der Waals surface area contributed by atoms with Crippen molar-refractivity contribution in [2.45, 2.75) is 0 Å². The molecule has 0 radical (unpaired) electrons. The average molecular weight is 602 g/mol. The Morgan fingerprint density at radius 2 is 1.02 bits per heavy atom. The molecular weight excluding hydrogens is 574 g/mol. The first-order valence-electron chi connectivity index (χ1n) is 15.7. The highest BCUT2D eigenvalue weighted by molar-refractivity contribution is 6.18. The lowest BCUT2D eigenvalue weighted by Crippen LogP contribution is -1.97. The van der Waals surface area contributed by atoms with E-state index in [9.17, 15) is 0 Å². The number of fused-ring (bicyclic) bond motifs is 5. The van der Waals surface area contributed by atoms with E-state index in [0.29, 0.717) is 5.82 Å². The molecule has 5 nitrogen and oxygen atoms in total. The molecule has 5 heteroatoms. The maximum Gasteiger partial charge on any atom is 0.160 e. The van der Waals surface area contributed by atoms with Crippen LogP contribution in [0.2, 0.25) is 0 Å². The number of nitrogens with zero attached hydrogens (tertiary/aromatic N) is 5. The summed E-state index contributed by atoms with van der Waals surface area (Å²) in [6.07, 6.45) is 0. The summed E-state index contributed by atoms with van der Waals surface area (Å²) in [5.74, 6) is 0.672. The molecule has 2 aromatic heterocycles. The van der Waals surface area contributed by atoms with Crippen molar-refractivity contribution >= 4 is 32.6 Å². The molecule has 0 spiro atoms. The molecule has 0 N–H and O–H groups in total. The van der Waals surface area contributed by atoms with E-state index < -0.39 is 0 Å². The molecular formula is C42H27N5. The van der Waals surface area contributed by atoms with Gasteiger partial charge in [0.05, 0.1) is 17.1 Å². The third-order valence-electron chi connectivity index (χ3n) is 8.66. The lowest BCUT2D eigenvalue weighted by Gasteiger charge is -2.12. The zero-order valence-corrected chi connectivity index (χ0v) is 25.3. The molecule has 7 aromatic carbocycles. The molecule has 0 aliphatic carbocycles. The lowest BCUT2D eigenvalue weighted by molar-refractivity contribution is 0.766. The van der Waals surface area contributed by atoms with Crippen molar-refractivity contribution in [2.75, 3.05) is 0 Å². The van der Waals surface area contributed by atoms with E-state index >= 15 is 0 Å². The van der Waals surface area contributed by atoms with Crippen molar-refractivity contribution in [3.8, 4) is 50.7 Å². The summed E-state index contributed by atoms with van der Waals surface area (Å²) in [6.45, 7) is 0. The molecule has 9 aromatic rings. The van der Waals surface area contributed by atoms with Crippen LogP contribution >= 0.6 is 0 Å². The van der Waals surface area contributed by atoms with Crippen molar-refractivity contribution in [1.82, 2.24) is 25.0 Å². The lowest BCUT2D eigenvalue weighted by atomic mass is 9.98. The molecule has 2 heterocycles. The van der Waals surface area contributed by atoms with E-state index in [1.807, 2.05) is 60.7 Å². The van der Waals surface area contributed by atoms with E-state index in [0.717, 1.165) is 71.9 Å². The maximum absolute atomic E-state index is 5.18. The molecule has 0 saturated carbocycles. The van der Waals surface area contributed by atoms with Crippen molar-refractivity contribution in [1.29, 1.82) is 0 Å². The predicted molar refractivity (Wildman–Crippen MR) is 191 cm³/mol. The molecule has 220 valence electrons. The van der Waals surface area contributed by atoms with Crippen LogP contribution in [0, 0.1) is 0 Å². The van der Waals surface area contributed by atoms with Crippen LogP contribution in [-0.2, 0) is 0 Å². The topological polar surface area (TPSA) is 56.5 Å². The van der Waals surface area contributed by atoms with Crippen molar-refractivity contribution in [2.24, 2.45) is 0 Å². The molecule has 0 saturated heterocycles. The third kappa shape index (κ3) is 4.91. The minimum Gasteiger partial charge on any atom is -0.228 e. The first-order chi connectivity index (χ1) is 23.3. The smallest absolute Gasteiger partial charge is 0.160 e. The van der Waals surface area contributed by atoms with Crippen LogP contribution in [0.5, 0.6) is 0 Å². The van der Waals surface area contributed by atoms with Crippen LogP contribution in [0.4, 0.5) is 0 Å². The van der Waals surface area contributed by atoms with Gasteiger partial charge in [0.25, 0.3) is 0 Å². The summed E-state index contributed by atoms with van der Waals surface area (Å²) in [5.41, 5.74) is 9.73. The summed E-state index contributed by atoms with van der Waals surface area (Å²) < 4.78 is 0. The molecule has 0 unspecified atom stereocenters. The van der Waals surface area contributed by atoms with Gasteiger partial charge in [-0.1, -0.05) is 127 Å². The van der Waals surface area contributed by atoms with Crippen molar-refractivity contribution in [3.05, 3.63) is 164 Å². The Morgan fingerprint density at radius 1 is 0.404 bits per heavy atom. The van der Waals surface area contributed by atoms with E-state index in [1.54, 1.807) is 4.80 Å². The first-order valence-corrected chi connectivity index (χ1v) is 15.7. The van der Waals surface area contributed by atoms with Crippen LogP contribution < -0.4 is 0 Å². The Kier molecular flexibility index (Phi) is 6.39. The van der Waals surface area contributed by atoms with Gasteiger partial charge in [0, 0.05) is 22.1 Å². The molecule has 0 bridgehead atoms. The van der Waals surface area contributed by atoms with Gasteiger partial charge in [-0.25, -0.2) is 9.97 Å². The van der Waals surface area contributed by atoms with Gasteiger partial charge in [-0.2, -0.15) is 4.80 Å². The molecule has 0 aliphatic heterocycles. The van der Waals surface area contributed by atoms with Gasteiger partial charge in [-0.3, -0.25) is 0 Å². The number of benzene rings is 7. The predicted octanol–water partition coefficient (Wildman–Crippen LogP) is 10.2. The van der Waals surface area contributed by atoms with Gasteiger partial charge in [0.1, 0.15) is 11.0 Å². The van der Waals surface area contributed by atoms with Gasteiger partial charge in [-0.05, 0) is 63.7 Å². The molecule has 9 rings (SSSR count). The fourth-order valence-corrected chi connectivity index (χ4v) is 6.30. The summed E-state index contributed by atoms with van der Waals surface area (Å²) in [6, 6.07) is 56.4. The van der Waals surface area contributed by atoms with E-state index in [-0.39, 0.29) is 0 Å². The van der Waals surface area contributed by atoms with Gasteiger partial charge < -0.3 is 0 Å². The minimum absolute atomic E-state index is 0.672. The Labute approximate surface area is 271 Å². The highest BCUT2D eigenvalue weighted by atomic mass is 15.5. The van der Waals surface area contributed by atoms with Crippen LogP contribution in [-0.4, -0.2) is 25.0 Å². The van der Waals surface area contributed by atoms with Crippen LogP contribution in [0.3, 0.4) is 0 Å². The summed E-state index contributed by atoms with van der Waals surface area (Å²) in [4.78, 5) is 12.0. The Balaban J connectivity index is 1.24. The molecule has 47 heavy (non-hydrogen) atoms. The number of hydrogen-bond donors (Lipinski definition) is 0. The molecule has 0 atom stereocenters. The number of hydrogen-bond acceptors (Lipinski definition) is 4. The number of aromatic nitrogens is 5. The van der Waals surface area contributed by atoms with Crippen molar-refractivity contribution < 1.29 is 0 Å². The highest BCUT2D eigenvalue weighted by Crippen LogP contribution is 2.35. The maximum atomic E-state index is 5.18. The zero-order chi connectivity index (χ0) is 31.2. The average Bonchev–Trinajstić information content (AvgIpc) is 3.60. The molecule has 0 fully saturated rings. The van der Waals surface area contributed by atoms with Crippen LogP contribution in [0.25, 0.3) is 83.3 Å². The number of rotatable bonds is 5. The third-order valence-corrected chi connectivity index (χ3v) is 8.66. The second-order valence-corrected chi connectivity index (χ2v) is 11.6. The van der Waals surface area contributed by atoms with E-state index in [2.05, 4.69) is 103 Å². The monoisotopic (exact) mass is 601 g/mol. The first kappa shape index (κ1) is 26.9. The Hall–Kier alpha value is -6.46. The van der Waals surface area contributed by atoms with Crippen LogP contribution in [0.1, 0.15) is 0 Å². The zero-order valence-electron chi connectivity index (χ0n) is 25.3. The standard InChI is InChI=1S/C42H27N5/c1-4-11-28(12-5-1)32-15-10-16-33(25-32)39-27-38(30-13-6-2-7-14-30)43-42(44-39)34-22-20-29-19-21-31-23-24-37-41(40(31)36(29)26-34)46-47(45-37)35-17-8-3-9-18-35/h1-27H. The fourth-order valence-electron chi connectivity index (χ4n) is 6.30. The van der Waals surface area contributed by atoms with Gasteiger partial charge >= 0.3 is 0 Å². The second-order valence-electron chi connectivity index (χ2n) is 11.6. The van der Waals surface area contributed by atoms with Gasteiger partial charge in [0.2, 0.25) is 0 Å². The van der Waals surface area contributed by atoms with Crippen molar-refractivity contribution in [3.63, 3.8) is 0 Å². The van der Waals surface area contributed by atoms with E-state index in [4.69, 9.17) is 20.2 Å². The second kappa shape index (κ2) is 11.2. The summed E-state index contributed by atoms with van der Waals surface area (Å²) in [7, 11) is 0. The molecule has 0 amide bonds. The summed E-state index contributed by atoms with van der Waals surface area (Å²) in [5, 5.41) is 14.2. The number of para-hydroxylation sites is 1. The SMILES string of the molecule is c1ccc(-c2cccc(-c3cc(-c4ccccc4)nc(-c4ccc5ccc6ccc7nn(-c8ccccc8)nc7c6c5c4)n3)c2)cc1. The summed E-state index contributed by atoms with van der Waals surface area (Å²) >= 11 is 0. The Bertz CT molecular complexity index is 2560. The molecule has 0 aliphatic rings. The van der Waals surface area contributed by atoms with Crippen LogP contribution in [0.15, 0.2) is 164 Å². The minimum atomic E-state index is 0.672. The Morgan fingerprint density at radius 3 is 1.81 bits per heavy atom. The largest absolute Gasteiger partial charge is 0.228 e. The van der Waals surface area contributed by atoms with Gasteiger partial charge in [-0.15, -0.1) is 10.2 Å². The quantitative estimate of drug-likeness (QED) is 0.184. The normalized spacial score (nSPS) is 11.4. The fraction of sp³-hybridized carbons (Fsp3) is 0. The van der Waals surface area contributed by atoms with E-state index in [1.165, 1.54) is 5.56 Å².